The number of amides is 1. The van der Waals surface area contributed by atoms with E-state index in [4.69, 9.17) is 9.26 Å². The number of nitrogens with one attached hydrogen (secondary N) is 1. The molecule has 2 aromatic heterocycles. The Hall–Kier alpha value is -2.66. The van der Waals surface area contributed by atoms with Crippen molar-refractivity contribution in [1.82, 2.24) is 14.0 Å². The number of esters is 1. The lowest BCUT2D eigenvalue weighted by Gasteiger charge is -2.22. The van der Waals surface area contributed by atoms with Gasteiger partial charge in [-0.2, -0.15) is 4.31 Å². The molecule has 0 aliphatic carbocycles. The number of carbonyl (C=O) groups excluding carboxylic acids is 2. The maximum absolute atomic E-state index is 13.1. The van der Waals surface area contributed by atoms with Crippen LogP contribution in [0.5, 0.6) is 0 Å². The normalized spacial score (nSPS) is 17.6. The van der Waals surface area contributed by atoms with Crippen LogP contribution >= 0.6 is 0 Å². The van der Waals surface area contributed by atoms with Crippen LogP contribution in [0.1, 0.15) is 36.0 Å². The SMILES string of the molecule is CCOC(=O)c1cc(S(=O)(=O)N2CCC[C@H]2C(=O)Nc2cc(C)on2)cn1C. The van der Waals surface area contributed by atoms with Gasteiger partial charge in [-0.15, -0.1) is 0 Å². The Labute approximate surface area is 162 Å². The maximum atomic E-state index is 13.1. The summed E-state index contributed by atoms with van der Waals surface area (Å²) in [5.41, 5.74) is 0.124. The minimum Gasteiger partial charge on any atom is -0.461 e. The van der Waals surface area contributed by atoms with Gasteiger partial charge in [0.15, 0.2) is 5.82 Å². The summed E-state index contributed by atoms with van der Waals surface area (Å²) in [7, 11) is -2.41. The van der Waals surface area contributed by atoms with Crippen LogP contribution in [-0.4, -0.2) is 53.5 Å². The fraction of sp³-hybridized carbons (Fsp3) is 0.471. The summed E-state index contributed by atoms with van der Waals surface area (Å²) in [5.74, 6) is -0.322. The van der Waals surface area contributed by atoms with Crippen molar-refractivity contribution in [2.24, 2.45) is 7.05 Å². The molecular weight excluding hydrogens is 388 g/mol. The summed E-state index contributed by atoms with van der Waals surface area (Å²) in [4.78, 5) is 24.5. The van der Waals surface area contributed by atoms with Crippen LogP contribution in [0.4, 0.5) is 5.82 Å². The molecule has 2 aromatic rings. The number of aromatic nitrogens is 2. The van der Waals surface area contributed by atoms with Crippen molar-refractivity contribution in [1.29, 1.82) is 0 Å². The van der Waals surface area contributed by atoms with Crippen LogP contribution in [0, 0.1) is 6.92 Å². The predicted octanol–water partition coefficient (Wildman–Crippen LogP) is 1.29. The molecule has 1 N–H and O–H groups in total. The predicted molar refractivity (Wildman–Crippen MR) is 98.2 cm³/mol. The van der Waals surface area contributed by atoms with Crippen LogP contribution < -0.4 is 5.32 Å². The molecule has 0 aromatic carbocycles. The number of ether oxygens (including phenoxy) is 1. The van der Waals surface area contributed by atoms with E-state index >= 15 is 0 Å². The van der Waals surface area contributed by atoms with E-state index in [0.29, 0.717) is 18.6 Å². The summed E-state index contributed by atoms with van der Waals surface area (Å²) in [6.45, 7) is 3.75. The van der Waals surface area contributed by atoms with Gasteiger partial charge in [0, 0.05) is 25.9 Å². The van der Waals surface area contributed by atoms with E-state index in [1.54, 1.807) is 27.0 Å². The molecule has 0 saturated carbocycles. The highest BCUT2D eigenvalue weighted by atomic mass is 32.2. The van der Waals surface area contributed by atoms with Crippen LogP contribution in [0.3, 0.4) is 0 Å². The molecule has 1 atom stereocenters. The summed E-state index contributed by atoms with van der Waals surface area (Å²) in [6, 6.07) is 1.95. The van der Waals surface area contributed by atoms with E-state index in [2.05, 4.69) is 10.5 Å². The first-order chi connectivity index (χ1) is 13.2. The van der Waals surface area contributed by atoms with Crippen LogP contribution in [-0.2, 0) is 26.6 Å². The lowest BCUT2D eigenvalue weighted by atomic mass is 10.2. The minimum absolute atomic E-state index is 0.0602. The smallest absolute Gasteiger partial charge is 0.354 e. The molecule has 1 aliphatic heterocycles. The monoisotopic (exact) mass is 410 g/mol. The molecule has 1 amide bonds. The first kappa shape index (κ1) is 20.1. The lowest BCUT2D eigenvalue weighted by Crippen LogP contribution is -2.43. The molecule has 28 heavy (non-hydrogen) atoms. The standard InChI is InChI=1S/C17H22N4O6S/c1-4-26-17(23)14-9-12(10-20(14)3)28(24,25)21-7-5-6-13(21)16(22)18-15-8-11(2)27-19-15/h8-10,13H,4-7H2,1-3H3,(H,18,19,22)/t13-/m0/s1. The molecule has 1 aliphatic rings. The summed E-state index contributed by atoms with van der Waals surface area (Å²) >= 11 is 0. The number of aryl methyl sites for hydroxylation is 2. The first-order valence-corrected chi connectivity index (χ1v) is 10.3. The van der Waals surface area contributed by atoms with Gasteiger partial charge in [0.25, 0.3) is 0 Å². The molecule has 0 spiro atoms. The number of sulfonamides is 1. The molecule has 0 bridgehead atoms. The van der Waals surface area contributed by atoms with Gasteiger partial charge in [-0.3, -0.25) is 4.79 Å². The van der Waals surface area contributed by atoms with Crippen LogP contribution in [0.2, 0.25) is 0 Å². The molecule has 1 saturated heterocycles. The van der Waals surface area contributed by atoms with Crippen molar-refractivity contribution in [3.8, 4) is 0 Å². The number of hydrogen-bond donors (Lipinski definition) is 1. The number of hydrogen-bond acceptors (Lipinski definition) is 7. The zero-order valence-corrected chi connectivity index (χ0v) is 16.7. The first-order valence-electron chi connectivity index (χ1n) is 8.83. The quantitative estimate of drug-likeness (QED) is 0.712. The van der Waals surface area contributed by atoms with Crippen molar-refractivity contribution < 1.29 is 27.3 Å². The molecule has 11 heteroatoms. The Balaban J connectivity index is 1.83. The van der Waals surface area contributed by atoms with Crippen molar-refractivity contribution in [2.45, 2.75) is 37.6 Å². The molecule has 0 radical (unpaired) electrons. The van der Waals surface area contributed by atoms with Gasteiger partial charge >= 0.3 is 5.97 Å². The van der Waals surface area contributed by atoms with Gasteiger partial charge < -0.3 is 19.1 Å². The molecule has 152 valence electrons. The second-order valence-electron chi connectivity index (χ2n) is 6.48. The van der Waals surface area contributed by atoms with E-state index in [-0.39, 0.29) is 29.6 Å². The Kier molecular flexibility index (Phi) is 5.57. The summed E-state index contributed by atoms with van der Waals surface area (Å²) in [5, 5.41) is 6.28. The Morgan fingerprint density at radius 2 is 2.14 bits per heavy atom. The second kappa shape index (κ2) is 7.76. The lowest BCUT2D eigenvalue weighted by molar-refractivity contribution is -0.119. The van der Waals surface area contributed by atoms with Gasteiger partial charge in [-0.25, -0.2) is 13.2 Å². The molecule has 3 heterocycles. The van der Waals surface area contributed by atoms with Gasteiger partial charge in [0.2, 0.25) is 15.9 Å². The van der Waals surface area contributed by atoms with Crippen molar-refractivity contribution in [2.75, 3.05) is 18.5 Å². The average Bonchev–Trinajstić information content (AvgIpc) is 3.35. The molecule has 1 fully saturated rings. The van der Waals surface area contributed by atoms with E-state index in [1.807, 2.05) is 0 Å². The maximum Gasteiger partial charge on any atom is 0.354 e. The Morgan fingerprint density at radius 1 is 1.39 bits per heavy atom. The zero-order chi connectivity index (χ0) is 20.5. The number of rotatable bonds is 6. The largest absolute Gasteiger partial charge is 0.461 e. The van der Waals surface area contributed by atoms with Gasteiger partial charge in [-0.1, -0.05) is 5.16 Å². The highest BCUT2D eigenvalue weighted by Gasteiger charge is 2.40. The molecule has 10 nitrogen and oxygen atoms in total. The van der Waals surface area contributed by atoms with E-state index < -0.39 is 27.9 Å². The number of nitrogens with zero attached hydrogens (tertiary/aromatic N) is 3. The van der Waals surface area contributed by atoms with E-state index in [0.717, 1.165) is 4.31 Å². The van der Waals surface area contributed by atoms with Gasteiger partial charge in [0.05, 0.1) is 6.61 Å². The number of carbonyl (C=O) groups is 2. The third kappa shape index (κ3) is 3.80. The third-order valence-corrected chi connectivity index (χ3v) is 6.33. The highest BCUT2D eigenvalue weighted by Crippen LogP contribution is 2.28. The third-order valence-electron chi connectivity index (χ3n) is 4.46. The summed E-state index contributed by atoms with van der Waals surface area (Å²) < 4.78 is 38.6. The van der Waals surface area contributed by atoms with Crippen LogP contribution in [0.25, 0.3) is 0 Å². The van der Waals surface area contributed by atoms with Crippen LogP contribution in [0.15, 0.2) is 27.7 Å². The molecule has 0 unspecified atom stereocenters. The minimum atomic E-state index is -3.97. The van der Waals surface area contributed by atoms with E-state index in [1.165, 1.54) is 16.8 Å². The van der Waals surface area contributed by atoms with Crippen molar-refractivity contribution in [3.63, 3.8) is 0 Å². The fourth-order valence-corrected chi connectivity index (χ4v) is 4.87. The average molecular weight is 410 g/mol. The second-order valence-corrected chi connectivity index (χ2v) is 8.37. The Morgan fingerprint density at radius 3 is 2.79 bits per heavy atom. The topological polar surface area (TPSA) is 124 Å². The number of anilines is 1. The highest BCUT2D eigenvalue weighted by molar-refractivity contribution is 7.89. The van der Waals surface area contributed by atoms with Crippen molar-refractivity contribution >= 4 is 27.7 Å². The molecule has 3 rings (SSSR count). The van der Waals surface area contributed by atoms with Gasteiger partial charge in [-0.05, 0) is 32.8 Å². The molecular formula is C17H22N4O6S. The summed E-state index contributed by atoms with van der Waals surface area (Å²) in [6.07, 6.45) is 2.28. The fourth-order valence-electron chi connectivity index (χ4n) is 3.14. The Bertz CT molecular complexity index is 993. The zero-order valence-electron chi connectivity index (χ0n) is 15.8. The van der Waals surface area contributed by atoms with Gasteiger partial charge in [0.1, 0.15) is 22.4 Å². The van der Waals surface area contributed by atoms with Crippen molar-refractivity contribution in [3.05, 3.63) is 29.8 Å². The van der Waals surface area contributed by atoms with E-state index in [9.17, 15) is 18.0 Å².